The topological polar surface area (TPSA) is 55.2 Å². The standard InChI is InChI=1S/C10H10N2O2/c1-3-10(13)11-8-6-4-5-7-9(8)12(2)14/h3-7H,1-2H2,(H,11,13). The maximum atomic E-state index is 11.0. The summed E-state index contributed by atoms with van der Waals surface area (Å²) in [6.07, 6.45) is 1.13. The Morgan fingerprint density at radius 3 is 2.71 bits per heavy atom. The Labute approximate surface area is 81.8 Å². The molecule has 1 N–H and O–H groups in total. The van der Waals surface area contributed by atoms with Gasteiger partial charge in [0.1, 0.15) is 12.4 Å². The third kappa shape index (κ3) is 2.20. The number of nitrogens with zero attached hydrogens (tertiary/aromatic N) is 1. The molecule has 0 aromatic heterocycles. The van der Waals surface area contributed by atoms with E-state index in [0.717, 1.165) is 6.08 Å². The number of nitrogens with one attached hydrogen (secondary N) is 1. The normalized spacial score (nSPS) is 9.14. The van der Waals surface area contributed by atoms with E-state index in [0.29, 0.717) is 16.1 Å². The number of anilines is 1. The van der Waals surface area contributed by atoms with Crippen LogP contribution in [0.15, 0.2) is 36.9 Å². The summed E-state index contributed by atoms with van der Waals surface area (Å²) in [5, 5.41) is 13.5. The highest BCUT2D eigenvalue weighted by molar-refractivity contribution is 6.00. The monoisotopic (exact) mass is 190 g/mol. The number of benzene rings is 1. The highest BCUT2D eigenvalue weighted by atomic mass is 16.5. The van der Waals surface area contributed by atoms with E-state index in [4.69, 9.17) is 0 Å². The first kappa shape index (κ1) is 9.98. The zero-order chi connectivity index (χ0) is 10.6. The maximum Gasteiger partial charge on any atom is 0.247 e. The number of carbonyl (C=O) groups is 1. The largest absolute Gasteiger partial charge is 0.619 e. The minimum absolute atomic E-state index is 0.308. The van der Waals surface area contributed by atoms with E-state index in [1.165, 1.54) is 0 Å². The molecule has 0 radical (unpaired) electrons. The average molecular weight is 190 g/mol. The number of hydrogen-bond donors (Lipinski definition) is 1. The lowest BCUT2D eigenvalue weighted by Crippen LogP contribution is -2.09. The molecular formula is C10H10N2O2. The van der Waals surface area contributed by atoms with Crippen molar-refractivity contribution in [1.82, 2.24) is 0 Å². The number of para-hydroxylation sites is 2. The van der Waals surface area contributed by atoms with Gasteiger partial charge in [-0.1, -0.05) is 18.7 Å². The van der Waals surface area contributed by atoms with Gasteiger partial charge in [0.25, 0.3) is 0 Å². The second-order valence-electron chi connectivity index (χ2n) is 2.59. The molecule has 0 saturated carbocycles. The Bertz CT molecular complexity index is 385. The van der Waals surface area contributed by atoms with E-state index in [9.17, 15) is 10.0 Å². The van der Waals surface area contributed by atoms with Crippen LogP contribution in [-0.4, -0.2) is 17.4 Å². The van der Waals surface area contributed by atoms with Gasteiger partial charge in [0, 0.05) is 6.07 Å². The fraction of sp³-hybridized carbons (Fsp3) is 0. The zero-order valence-electron chi connectivity index (χ0n) is 7.56. The van der Waals surface area contributed by atoms with Crippen molar-refractivity contribution in [1.29, 1.82) is 0 Å². The van der Waals surface area contributed by atoms with Crippen molar-refractivity contribution >= 4 is 24.0 Å². The van der Waals surface area contributed by atoms with Crippen LogP contribution < -0.4 is 5.32 Å². The molecule has 0 aliphatic carbocycles. The van der Waals surface area contributed by atoms with Crippen molar-refractivity contribution < 1.29 is 9.53 Å². The minimum atomic E-state index is -0.362. The van der Waals surface area contributed by atoms with E-state index in [1.807, 2.05) is 0 Å². The molecule has 0 saturated heterocycles. The second kappa shape index (κ2) is 4.23. The van der Waals surface area contributed by atoms with Gasteiger partial charge < -0.3 is 10.5 Å². The third-order valence-electron chi connectivity index (χ3n) is 1.62. The van der Waals surface area contributed by atoms with E-state index < -0.39 is 0 Å². The lowest BCUT2D eigenvalue weighted by molar-refractivity contribution is -0.348. The summed E-state index contributed by atoms with van der Waals surface area (Å²) in [6, 6.07) is 6.59. The maximum absolute atomic E-state index is 11.0. The van der Waals surface area contributed by atoms with Crippen molar-refractivity contribution in [2.24, 2.45) is 0 Å². The molecule has 1 aromatic carbocycles. The molecule has 72 valence electrons. The van der Waals surface area contributed by atoms with Gasteiger partial charge in [-0.05, 0) is 12.1 Å². The van der Waals surface area contributed by atoms with Crippen LogP contribution in [-0.2, 0) is 4.79 Å². The number of carbonyl (C=O) groups excluding carboxylic acids is 1. The summed E-state index contributed by atoms with van der Waals surface area (Å²) in [7, 11) is 0. The highest BCUT2D eigenvalue weighted by Gasteiger charge is 2.08. The lowest BCUT2D eigenvalue weighted by Gasteiger charge is -2.06. The molecule has 0 bridgehead atoms. The van der Waals surface area contributed by atoms with Gasteiger partial charge in [0.15, 0.2) is 0 Å². The first-order chi connectivity index (χ1) is 6.65. The van der Waals surface area contributed by atoms with Gasteiger partial charge >= 0.3 is 0 Å². The second-order valence-corrected chi connectivity index (χ2v) is 2.59. The minimum Gasteiger partial charge on any atom is -0.619 e. The molecule has 0 aliphatic heterocycles. The fourth-order valence-corrected chi connectivity index (χ4v) is 0.981. The highest BCUT2D eigenvalue weighted by Crippen LogP contribution is 2.22. The summed E-state index contributed by atoms with van der Waals surface area (Å²) < 4.78 is 0.443. The molecule has 1 aromatic rings. The van der Waals surface area contributed by atoms with Gasteiger partial charge in [-0.15, -0.1) is 0 Å². The molecule has 0 atom stereocenters. The van der Waals surface area contributed by atoms with E-state index in [-0.39, 0.29) is 5.91 Å². The number of hydrogen-bond acceptors (Lipinski definition) is 2. The van der Waals surface area contributed by atoms with Crippen LogP contribution in [0.1, 0.15) is 0 Å². The zero-order valence-corrected chi connectivity index (χ0v) is 7.56. The van der Waals surface area contributed by atoms with Crippen LogP contribution in [0.4, 0.5) is 11.4 Å². The van der Waals surface area contributed by atoms with Crippen LogP contribution in [0.3, 0.4) is 0 Å². The smallest absolute Gasteiger partial charge is 0.247 e. The fourth-order valence-electron chi connectivity index (χ4n) is 0.981. The van der Waals surface area contributed by atoms with Crippen molar-refractivity contribution in [2.45, 2.75) is 0 Å². The van der Waals surface area contributed by atoms with Crippen molar-refractivity contribution in [3.05, 3.63) is 42.1 Å². The van der Waals surface area contributed by atoms with Crippen LogP contribution in [0, 0.1) is 5.21 Å². The molecular weight excluding hydrogens is 180 g/mol. The molecule has 4 heteroatoms. The average Bonchev–Trinajstić information content (AvgIpc) is 2.18. The van der Waals surface area contributed by atoms with Gasteiger partial charge in [-0.25, -0.2) is 0 Å². The first-order valence-electron chi connectivity index (χ1n) is 3.95. The van der Waals surface area contributed by atoms with Gasteiger partial charge in [0.2, 0.25) is 11.6 Å². The van der Waals surface area contributed by atoms with Crippen LogP contribution in [0.5, 0.6) is 0 Å². The van der Waals surface area contributed by atoms with Crippen molar-refractivity contribution in [3.63, 3.8) is 0 Å². The van der Waals surface area contributed by atoms with E-state index >= 15 is 0 Å². The lowest BCUT2D eigenvalue weighted by atomic mass is 10.2. The Hall–Kier alpha value is -2.10. The third-order valence-corrected chi connectivity index (χ3v) is 1.62. The molecule has 1 amide bonds. The molecule has 0 heterocycles. The predicted molar refractivity (Wildman–Crippen MR) is 55.7 cm³/mol. The Balaban J connectivity index is 3.01. The Morgan fingerprint density at radius 2 is 2.14 bits per heavy atom. The van der Waals surface area contributed by atoms with Crippen LogP contribution in [0.25, 0.3) is 0 Å². The molecule has 0 aliphatic rings. The first-order valence-corrected chi connectivity index (χ1v) is 3.95. The summed E-state index contributed by atoms with van der Waals surface area (Å²) in [4.78, 5) is 11.0. The molecule has 0 fully saturated rings. The van der Waals surface area contributed by atoms with Crippen molar-refractivity contribution in [2.75, 3.05) is 5.32 Å². The SMILES string of the molecule is C=CC(=O)Nc1ccccc1[N+](=C)[O-]. The van der Waals surface area contributed by atoms with Gasteiger partial charge in [0.05, 0.1) is 0 Å². The molecule has 14 heavy (non-hydrogen) atoms. The molecule has 0 spiro atoms. The summed E-state index contributed by atoms with van der Waals surface area (Å²) in [5.74, 6) is -0.362. The van der Waals surface area contributed by atoms with E-state index in [1.54, 1.807) is 24.3 Å². The van der Waals surface area contributed by atoms with Gasteiger partial charge in [-0.2, -0.15) is 4.74 Å². The summed E-state index contributed by atoms with van der Waals surface area (Å²) in [6.45, 7) is 6.52. The van der Waals surface area contributed by atoms with Crippen LogP contribution in [0.2, 0.25) is 0 Å². The molecule has 4 nitrogen and oxygen atoms in total. The molecule has 0 unspecified atom stereocenters. The summed E-state index contributed by atoms with van der Waals surface area (Å²) in [5.41, 5.74) is 0.727. The number of amides is 1. The van der Waals surface area contributed by atoms with Crippen LogP contribution >= 0.6 is 0 Å². The van der Waals surface area contributed by atoms with E-state index in [2.05, 4.69) is 18.6 Å². The number of rotatable bonds is 3. The van der Waals surface area contributed by atoms with Crippen molar-refractivity contribution in [3.8, 4) is 0 Å². The van der Waals surface area contributed by atoms with Gasteiger partial charge in [-0.3, -0.25) is 4.79 Å². The Morgan fingerprint density at radius 1 is 1.50 bits per heavy atom. The molecule has 1 rings (SSSR count). The Kier molecular flexibility index (Phi) is 3.01. The quantitative estimate of drug-likeness (QED) is 0.259. The summed E-state index contributed by atoms with van der Waals surface area (Å²) >= 11 is 0. The predicted octanol–water partition coefficient (Wildman–Crippen LogP) is 1.65.